The number of carbonyl (C=O) groups excluding carboxylic acids is 2. The van der Waals surface area contributed by atoms with Gasteiger partial charge in [0.05, 0.1) is 24.8 Å². The number of ether oxygens (including phenoxy) is 1. The fourth-order valence-corrected chi connectivity index (χ4v) is 4.57. The van der Waals surface area contributed by atoms with Crippen molar-refractivity contribution >= 4 is 17.4 Å². The molecule has 162 valence electrons. The van der Waals surface area contributed by atoms with Gasteiger partial charge in [0.25, 0.3) is 5.91 Å². The van der Waals surface area contributed by atoms with E-state index in [1.54, 1.807) is 31.4 Å². The summed E-state index contributed by atoms with van der Waals surface area (Å²) in [4.78, 5) is 30.4. The second-order valence-corrected chi connectivity index (χ2v) is 9.20. The van der Waals surface area contributed by atoms with Crippen LogP contribution in [0, 0.1) is 0 Å². The van der Waals surface area contributed by atoms with Crippen LogP contribution in [0.15, 0.2) is 47.5 Å². The third-order valence-corrected chi connectivity index (χ3v) is 6.18. The van der Waals surface area contributed by atoms with Crippen molar-refractivity contribution in [3.8, 4) is 5.75 Å². The van der Waals surface area contributed by atoms with Crippen molar-refractivity contribution in [2.45, 2.75) is 64.0 Å². The maximum absolute atomic E-state index is 13.0. The molecule has 1 aliphatic carbocycles. The van der Waals surface area contributed by atoms with Gasteiger partial charge in [-0.2, -0.15) is 0 Å². The first kappa shape index (κ1) is 21.3. The van der Waals surface area contributed by atoms with Gasteiger partial charge in [0.2, 0.25) is 0 Å². The Kier molecular flexibility index (Phi) is 5.94. The fraction of sp³-hybridized carbons (Fsp3) is 0.423. The van der Waals surface area contributed by atoms with Crippen LogP contribution in [0.4, 0.5) is 0 Å². The molecule has 1 N–H and O–H groups in total. The van der Waals surface area contributed by atoms with Gasteiger partial charge in [0.15, 0.2) is 5.78 Å². The number of fused-ring (bicyclic) bond motifs is 1. The van der Waals surface area contributed by atoms with Crippen molar-refractivity contribution < 1.29 is 14.3 Å². The first-order chi connectivity index (χ1) is 14.8. The Morgan fingerprint density at radius 2 is 1.74 bits per heavy atom. The maximum atomic E-state index is 13.0. The molecule has 0 bridgehead atoms. The summed E-state index contributed by atoms with van der Waals surface area (Å²) in [7, 11) is 1.64. The Balaban J connectivity index is 1.50. The van der Waals surface area contributed by atoms with Crippen molar-refractivity contribution in [1.82, 2.24) is 5.32 Å². The lowest BCUT2D eigenvalue weighted by atomic mass is 9.85. The fourth-order valence-electron chi connectivity index (χ4n) is 4.57. The summed E-state index contributed by atoms with van der Waals surface area (Å²) in [5.41, 5.74) is 3.89. The van der Waals surface area contributed by atoms with Gasteiger partial charge in [0.1, 0.15) is 5.75 Å². The lowest BCUT2D eigenvalue weighted by Crippen LogP contribution is -2.32. The Hall–Kier alpha value is -2.95. The number of hydrogen-bond donors (Lipinski definition) is 1. The number of methoxy groups -OCH3 is 1. The molecule has 0 spiro atoms. The number of hydrogen-bond acceptors (Lipinski definition) is 4. The summed E-state index contributed by atoms with van der Waals surface area (Å²) >= 11 is 0. The van der Waals surface area contributed by atoms with Crippen LogP contribution >= 0.6 is 0 Å². The number of Topliss-reactive ketones (excluding diaryl/α,β-unsaturated/α-hetero) is 1. The average molecular weight is 419 g/mol. The molecule has 2 aromatic carbocycles. The minimum Gasteiger partial charge on any atom is -0.497 e. The topological polar surface area (TPSA) is 67.8 Å². The monoisotopic (exact) mass is 418 g/mol. The van der Waals surface area contributed by atoms with Crippen LogP contribution in [-0.2, 0) is 6.42 Å². The maximum Gasteiger partial charge on any atom is 0.251 e. The normalized spacial score (nSPS) is 17.6. The van der Waals surface area contributed by atoms with Crippen LogP contribution in [-0.4, -0.2) is 36.1 Å². The van der Waals surface area contributed by atoms with Gasteiger partial charge in [-0.3, -0.25) is 14.6 Å². The highest BCUT2D eigenvalue weighted by Crippen LogP contribution is 2.31. The molecule has 31 heavy (non-hydrogen) atoms. The van der Waals surface area contributed by atoms with E-state index in [1.165, 1.54) is 18.4 Å². The lowest BCUT2D eigenvalue weighted by Gasteiger charge is -2.29. The number of nitrogens with zero attached hydrogens (tertiary/aromatic N) is 1. The van der Waals surface area contributed by atoms with Crippen molar-refractivity contribution in [2.75, 3.05) is 7.11 Å². The van der Waals surface area contributed by atoms with Gasteiger partial charge in [-0.15, -0.1) is 0 Å². The smallest absolute Gasteiger partial charge is 0.251 e. The summed E-state index contributed by atoms with van der Waals surface area (Å²) in [6.07, 6.45) is 5.49. The largest absolute Gasteiger partial charge is 0.497 e. The predicted molar refractivity (Wildman–Crippen MR) is 122 cm³/mol. The van der Waals surface area contributed by atoms with Gasteiger partial charge in [0, 0.05) is 22.7 Å². The number of ketones is 1. The van der Waals surface area contributed by atoms with E-state index in [4.69, 9.17) is 9.73 Å². The molecule has 1 heterocycles. The Bertz CT molecular complexity index is 1020. The van der Waals surface area contributed by atoms with E-state index in [9.17, 15) is 9.59 Å². The zero-order valence-electron chi connectivity index (χ0n) is 18.5. The summed E-state index contributed by atoms with van der Waals surface area (Å²) < 4.78 is 5.38. The summed E-state index contributed by atoms with van der Waals surface area (Å²) in [6.45, 7) is 4.17. The van der Waals surface area contributed by atoms with Gasteiger partial charge >= 0.3 is 0 Å². The second-order valence-electron chi connectivity index (χ2n) is 9.20. The van der Waals surface area contributed by atoms with E-state index in [2.05, 4.69) is 25.2 Å². The zero-order valence-corrected chi connectivity index (χ0v) is 18.5. The molecule has 1 saturated carbocycles. The molecule has 0 unspecified atom stereocenters. The molecule has 5 heteroatoms. The zero-order chi connectivity index (χ0) is 22.0. The highest BCUT2D eigenvalue weighted by molar-refractivity contribution is 6.17. The van der Waals surface area contributed by atoms with Gasteiger partial charge in [-0.05, 0) is 62.9 Å². The standard InChI is InChI=1S/C26H30N2O3/c1-26(2)16-19-12-13-21(31-3)14-22(19)23(28-26)15-24(29)17-8-10-18(11-9-17)25(30)27-20-6-4-5-7-20/h8-14,20H,4-7,15-16H2,1-3H3,(H,27,30). The van der Waals surface area contributed by atoms with Crippen LogP contribution in [0.5, 0.6) is 5.75 Å². The molecule has 5 nitrogen and oxygen atoms in total. The number of carbonyl (C=O) groups is 2. The first-order valence-corrected chi connectivity index (χ1v) is 11.0. The molecular formula is C26H30N2O3. The third-order valence-electron chi connectivity index (χ3n) is 6.18. The highest BCUT2D eigenvalue weighted by Gasteiger charge is 2.28. The second kappa shape index (κ2) is 8.66. The molecule has 0 radical (unpaired) electrons. The molecule has 0 atom stereocenters. The Labute approximate surface area is 183 Å². The predicted octanol–water partition coefficient (Wildman–Crippen LogP) is 4.76. The van der Waals surface area contributed by atoms with Crippen LogP contribution in [0.1, 0.15) is 77.8 Å². The van der Waals surface area contributed by atoms with Gasteiger partial charge < -0.3 is 10.1 Å². The Morgan fingerprint density at radius 1 is 1.06 bits per heavy atom. The molecule has 0 aromatic heterocycles. The highest BCUT2D eigenvalue weighted by atomic mass is 16.5. The minimum atomic E-state index is -0.251. The van der Waals surface area contributed by atoms with E-state index in [-0.39, 0.29) is 29.7 Å². The van der Waals surface area contributed by atoms with Gasteiger partial charge in [-0.1, -0.05) is 31.0 Å². The van der Waals surface area contributed by atoms with Crippen LogP contribution < -0.4 is 10.1 Å². The van der Waals surface area contributed by atoms with Crippen LogP contribution in [0.25, 0.3) is 0 Å². The third kappa shape index (κ3) is 4.87. The molecular weight excluding hydrogens is 388 g/mol. The molecule has 2 aliphatic rings. The minimum absolute atomic E-state index is 0.00651. The number of aliphatic imine (C=N–C) groups is 1. The SMILES string of the molecule is COc1ccc2c(c1)C(CC(=O)c1ccc(C(=O)NC3CCCC3)cc1)=NC(C)(C)C2. The molecule has 1 amide bonds. The van der Waals surface area contributed by atoms with Crippen molar-refractivity contribution in [3.05, 3.63) is 64.7 Å². The molecule has 1 fully saturated rings. The van der Waals surface area contributed by atoms with Crippen LogP contribution in [0.3, 0.4) is 0 Å². The average Bonchev–Trinajstić information content (AvgIpc) is 3.26. The van der Waals surface area contributed by atoms with E-state index in [1.807, 2.05) is 12.1 Å². The summed E-state index contributed by atoms with van der Waals surface area (Å²) in [5, 5.41) is 3.09. The quantitative estimate of drug-likeness (QED) is 0.688. The lowest BCUT2D eigenvalue weighted by molar-refractivity contribution is 0.0935. The summed E-state index contributed by atoms with van der Waals surface area (Å²) in [6, 6.07) is 13.2. The van der Waals surface area contributed by atoms with E-state index >= 15 is 0 Å². The van der Waals surface area contributed by atoms with Crippen molar-refractivity contribution in [2.24, 2.45) is 4.99 Å². The summed E-state index contributed by atoms with van der Waals surface area (Å²) in [5.74, 6) is 0.689. The van der Waals surface area contributed by atoms with E-state index in [0.29, 0.717) is 11.1 Å². The molecule has 2 aromatic rings. The molecule has 4 rings (SSSR count). The van der Waals surface area contributed by atoms with Crippen molar-refractivity contribution in [3.63, 3.8) is 0 Å². The van der Waals surface area contributed by atoms with Crippen LogP contribution in [0.2, 0.25) is 0 Å². The van der Waals surface area contributed by atoms with E-state index in [0.717, 1.165) is 36.3 Å². The number of nitrogens with one attached hydrogen (secondary N) is 1. The van der Waals surface area contributed by atoms with E-state index < -0.39 is 0 Å². The first-order valence-electron chi connectivity index (χ1n) is 11.0. The van der Waals surface area contributed by atoms with Gasteiger partial charge in [-0.25, -0.2) is 0 Å². The number of rotatable bonds is 6. The molecule has 0 saturated heterocycles. The van der Waals surface area contributed by atoms with Crippen molar-refractivity contribution in [1.29, 1.82) is 0 Å². The number of benzene rings is 2. The number of amides is 1. The Morgan fingerprint density at radius 3 is 2.42 bits per heavy atom. The molecule has 1 aliphatic heterocycles.